The van der Waals surface area contributed by atoms with Crippen LogP contribution in [0.15, 0.2) is 12.4 Å². The number of ether oxygens (including phenoxy) is 1. The van der Waals surface area contributed by atoms with Crippen molar-refractivity contribution in [3.05, 3.63) is 23.7 Å². The summed E-state index contributed by atoms with van der Waals surface area (Å²) >= 11 is 5.04. The van der Waals surface area contributed by atoms with Gasteiger partial charge in [0.15, 0.2) is 5.75 Å². The second-order valence-electron chi connectivity index (χ2n) is 4.61. The van der Waals surface area contributed by atoms with E-state index in [1.165, 1.54) is 0 Å². The highest BCUT2D eigenvalue weighted by Crippen LogP contribution is 2.27. The van der Waals surface area contributed by atoms with Gasteiger partial charge in [0.1, 0.15) is 4.99 Å². The Hall–Kier alpha value is -1.89. The highest BCUT2D eigenvalue weighted by atomic mass is 32.1. The Kier molecular flexibility index (Phi) is 3.57. The molecule has 0 spiro atoms. The molecule has 2 aromatic heterocycles. The average molecular weight is 279 g/mol. The van der Waals surface area contributed by atoms with E-state index in [0.29, 0.717) is 17.2 Å². The zero-order chi connectivity index (χ0) is 14.2. The lowest BCUT2D eigenvalue weighted by Crippen LogP contribution is -2.11. The number of nitrogens with zero attached hydrogens (tertiary/aromatic N) is 4. The smallest absolute Gasteiger partial charge is 0.228 e. The Labute approximate surface area is 117 Å². The van der Waals surface area contributed by atoms with Crippen LogP contribution in [0.2, 0.25) is 0 Å². The van der Waals surface area contributed by atoms with E-state index in [1.54, 1.807) is 17.9 Å². The van der Waals surface area contributed by atoms with Gasteiger partial charge in [-0.2, -0.15) is 10.2 Å². The van der Waals surface area contributed by atoms with Gasteiger partial charge in [0.25, 0.3) is 0 Å². The Morgan fingerprint density at radius 2 is 2.16 bits per heavy atom. The van der Waals surface area contributed by atoms with E-state index in [-0.39, 0.29) is 11.0 Å². The van der Waals surface area contributed by atoms with Crippen LogP contribution in [-0.2, 0) is 7.05 Å². The molecule has 19 heavy (non-hydrogen) atoms. The fourth-order valence-electron chi connectivity index (χ4n) is 1.81. The highest BCUT2D eigenvalue weighted by molar-refractivity contribution is 7.80. The van der Waals surface area contributed by atoms with E-state index in [4.69, 9.17) is 22.7 Å². The summed E-state index contributed by atoms with van der Waals surface area (Å²) in [6.07, 6.45) is 3.49. The molecule has 2 N–H and O–H groups in total. The van der Waals surface area contributed by atoms with E-state index in [2.05, 4.69) is 10.2 Å². The first-order valence-corrected chi connectivity index (χ1v) is 6.36. The molecule has 0 atom stereocenters. The molecule has 6 nitrogen and oxygen atoms in total. The molecule has 2 rings (SSSR count). The van der Waals surface area contributed by atoms with E-state index in [1.807, 2.05) is 31.6 Å². The van der Waals surface area contributed by atoms with Crippen molar-refractivity contribution in [3.8, 4) is 11.6 Å². The molecule has 0 aromatic carbocycles. The summed E-state index contributed by atoms with van der Waals surface area (Å²) in [6.45, 7) is 5.94. The van der Waals surface area contributed by atoms with Gasteiger partial charge in [0, 0.05) is 13.1 Å². The molecule has 0 aliphatic carbocycles. The van der Waals surface area contributed by atoms with Gasteiger partial charge in [-0.15, -0.1) is 0 Å². The minimum Gasteiger partial charge on any atom is -0.435 e. The molecule has 7 heteroatoms. The minimum absolute atomic E-state index is 0.275. The Bertz CT molecular complexity index is 614. The van der Waals surface area contributed by atoms with Crippen LogP contribution in [0.25, 0.3) is 0 Å². The number of thiocarbonyl (C=S) groups is 1. The molecule has 0 aliphatic heterocycles. The van der Waals surface area contributed by atoms with Crippen molar-refractivity contribution >= 4 is 17.2 Å². The molecule has 0 saturated carbocycles. The molecule has 102 valence electrons. The van der Waals surface area contributed by atoms with E-state index < -0.39 is 0 Å². The lowest BCUT2D eigenvalue weighted by Gasteiger charge is -2.06. The number of aromatic nitrogens is 4. The monoisotopic (exact) mass is 279 g/mol. The molecule has 0 radical (unpaired) electrons. The maximum atomic E-state index is 5.80. The molecule has 0 saturated heterocycles. The second kappa shape index (κ2) is 5.00. The van der Waals surface area contributed by atoms with Crippen LogP contribution in [0.3, 0.4) is 0 Å². The maximum Gasteiger partial charge on any atom is 0.228 e. The third-order valence-corrected chi connectivity index (χ3v) is 2.94. The standard InChI is InChI=1S/C12H17N5OS/c1-7(2)17-6-9(5-14-17)18-12-10(11(13)19)8(3)15-16(12)4/h5-7H,1-4H3,(H2,13,19). The molecule has 2 heterocycles. The highest BCUT2D eigenvalue weighted by Gasteiger charge is 2.18. The first kappa shape index (κ1) is 13.5. The van der Waals surface area contributed by atoms with Gasteiger partial charge in [0.05, 0.1) is 23.7 Å². The Morgan fingerprint density at radius 3 is 2.68 bits per heavy atom. The summed E-state index contributed by atoms with van der Waals surface area (Å²) in [5.41, 5.74) is 7.13. The summed E-state index contributed by atoms with van der Waals surface area (Å²) in [5, 5.41) is 8.49. The van der Waals surface area contributed by atoms with Gasteiger partial charge in [0.2, 0.25) is 5.88 Å². The third kappa shape index (κ3) is 2.60. The van der Waals surface area contributed by atoms with Gasteiger partial charge in [-0.25, -0.2) is 4.68 Å². The van der Waals surface area contributed by atoms with Gasteiger partial charge < -0.3 is 10.5 Å². The van der Waals surface area contributed by atoms with Gasteiger partial charge in [-0.3, -0.25) is 4.68 Å². The maximum absolute atomic E-state index is 5.80. The number of hydrogen-bond donors (Lipinski definition) is 1. The average Bonchev–Trinajstić information content (AvgIpc) is 2.85. The van der Waals surface area contributed by atoms with Crippen molar-refractivity contribution in [1.82, 2.24) is 19.6 Å². The summed E-state index contributed by atoms with van der Waals surface area (Å²) in [4.78, 5) is 0.275. The molecule has 0 bridgehead atoms. The van der Waals surface area contributed by atoms with Crippen molar-refractivity contribution in [1.29, 1.82) is 0 Å². The molecule has 0 amide bonds. The summed E-state index contributed by atoms with van der Waals surface area (Å²) in [6, 6.07) is 0.278. The van der Waals surface area contributed by atoms with Crippen LogP contribution in [0.5, 0.6) is 11.6 Å². The van der Waals surface area contributed by atoms with Crippen LogP contribution in [0, 0.1) is 6.92 Å². The molecule has 0 unspecified atom stereocenters. The molecular weight excluding hydrogens is 262 g/mol. The first-order chi connectivity index (χ1) is 8.90. The fraction of sp³-hybridized carbons (Fsp3) is 0.417. The zero-order valence-corrected chi connectivity index (χ0v) is 12.2. The van der Waals surface area contributed by atoms with Gasteiger partial charge in [-0.1, -0.05) is 12.2 Å². The molecule has 0 fully saturated rings. The minimum atomic E-state index is 0.275. The summed E-state index contributed by atoms with van der Waals surface area (Å²) < 4.78 is 9.24. The van der Waals surface area contributed by atoms with Crippen LogP contribution in [0.4, 0.5) is 0 Å². The van der Waals surface area contributed by atoms with Crippen LogP contribution in [0.1, 0.15) is 31.1 Å². The van der Waals surface area contributed by atoms with Crippen LogP contribution < -0.4 is 10.5 Å². The number of rotatable bonds is 4. The van der Waals surface area contributed by atoms with Gasteiger partial charge in [-0.05, 0) is 20.8 Å². The predicted molar refractivity (Wildman–Crippen MR) is 76.5 cm³/mol. The lowest BCUT2D eigenvalue weighted by molar-refractivity contribution is 0.427. The van der Waals surface area contributed by atoms with Crippen molar-refractivity contribution in [2.45, 2.75) is 26.8 Å². The van der Waals surface area contributed by atoms with E-state index >= 15 is 0 Å². The first-order valence-electron chi connectivity index (χ1n) is 5.95. The number of aryl methyl sites for hydroxylation is 2. The summed E-state index contributed by atoms with van der Waals surface area (Å²) in [5.74, 6) is 1.17. The number of nitrogens with two attached hydrogens (primary N) is 1. The van der Waals surface area contributed by atoms with Gasteiger partial charge >= 0.3 is 0 Å². The van der Waals surface area contributed by atoms with Crippen molar-refractivity contribution in [3.63, 3.8) is 0 Å². The SMILES string of the molecule is Cc1nn(C)c(Oc2cnn(C(C)C)c2)c1C(N)=S. The van der Waals surface area contributed by atoms with Crippen molar-refractivity contribution in [2.24, 2.45) is 12.8 Å². The molecule has 0 aliphatic rings. The van der Waals surface area contributed by atoms with Crippen molar-refractivity contribution < 1.29 is 4.74 Å². The zero-order valence-electron chi connectivity index (χ0n) is 11.4. The lowest BCUT2D eigenvalue weighted by atomic mass is 10.2. The predicted octanol–water partition coefficient (Wildman–Crippen LogP) is 1.93. The molecular formula is C12H17N5OS. The van der Waals surface area contributed by atoms with Crippen LogP contribution in [-0.4, -0.2) is 24.5 Å². The van der Waals surface area contributed by atoms with Crippen LogP contribution >= 0.6 is 12.2 Å². The topological polar surface area (TPSA) is 70.9 Å². The van der Waals surface area contributed by atoms with E-state index in [0.717, 1.165) is 5.69 Å². The number of hydrogen-bond acceptors (Lipinski definition) is 4. The Morgan fingerprint density at radius 1 is 1.47 bits per heavy atom. The van der Waals surface area contributed by atoms with E-state index in [9.17, 15) is 0 Å². The largest absolute Gasteiger partial charge is 0.435 e. The normalized spacial score (nSPS) is 11.0. The second-order valence-corrected chi connectivity index (χ2v) is 5.05. The summed E-state index contributed by atoms with van der Waals surface area (Å²) in [7, 11) is 1.79. The fourth-order valence-corrected chi connectivity index (χ4v) is 2.04. The Balaban J connectivity index is 2.35. The quantitative estimate of drug-likeness (QED) is 0.866. The molecule has 2 aromatic rings. The third-order valence-electron chi connectivity index (χ3n) is 2.74. The van der Waals surface area contributed by atoms with Crippen molar-refractivity contribution in [2.75, 3.05) is 0 Å².